The molecule has 1 saturated carbocycles. The maximum atomic E-state index is 11.9. The molecule has 1 aliphatic rings. The second-order valence-corrected chi connectivity index (χ2v) is 5.64. The van der Waals surface area contributed by atoms with Crippen LogP contribution in [0.25, 0.3) is 0 Å². The van der Waals surface area contributed by atoms with Gasteiger partial charge in [0, 0.05) is 6.04 Å². The molecule has 0 bridgehead atoms. The van der Waals surface area contributed by atoms with Crippen LogP contribution in [0.5, 0.6) is 0 Å². The zero-order valence-electron chi connectivity index (χ0n) is 11.6. The van der Waals surface area contributed by atoms with E-state index >= 15 is 0 Å². The zero-order chi connectivity index (χ0) is 12.9. The van der Waals surface area contributed by atoms with Crippen LogP contribution in [0.3, 0.4) is 0 Å². The molecule has 0 radical (unpaired) electrons. The van der Waals surface area contributed by atoms with Crippen LogP contribution in [0, 0.1) is 5.92 Å². The van der Waals surface area contributed by atoms with Gasteiger partial charge in [-0.2, -0.15) is 0 Å². The normalized spacial score (nSPS) is 22.3. The van der Waals surface area contributed by atoms with Crippen molar-refractivity contribution in [2.75, 3.05) is 0 Å². The zero-order valence-corrected chi connectivity index (χ0v) is 11.6. The standard InChI is InChI=1S/C14H28N2O/c1-4-11(3)10-14(5-2,13(15)17)16-12-8-6-7-9-12/h11-12,16H,4-10H2,1-3H3,(H2,15,17). The molecule has 1 aliphatic carbocycles. The van der Waals surface area contributed by atoms with Crippen molar-refractivity contribution in [3.8, 4) is 0 Å². The van der Waals surface area contributed by atoms with Crippen LogP contribution in [0.2, 0.25) is 0 Å². The first-order chi connectivity index (χ1) is 8.04. The van der Waals surface area contributed by atoms with Crippen molar-refractivity contribution in [3.05, 3.63) is 0 Å². The van der Waals surface area contributed by atoms with E-state index in [-0.39, 0.29) is 5.91 Å². The van der Waals surface area contributed by atoms with E-state index in [4.69, 9.17) is 5.73 Å². The van der Waals surface area contributed by atoms with Crippen LogP contribution in [0.4, 0.5) is 0 Å². The smallest absolute Gasteiger partial charge is 0.237 e. The van der Waals surface area contributed by atoms with Gasteiger partial charge in [-0.25, -0.2) is 0 Å². The summed E-state index contributed by atoms with van der Waals surface area (Å²) in [7, 11) is 0. The van der Waals surface area contributed by atoms with Crippen LogP contribution >= 0.6 is 0 Å². The van der Waals surface area contributed by atoms with Gasteiger partial charge in [-0.05, 0) is 31.6 Å². The summed E-state index contributed by atoms with van der Waals surface area (Å²) in [5.74, 6) is 0.364. The maximum absolute atomic E-state index is 11.9. The molecule has 0 spiro atoms. The molecular weight excluding hydrogens is 212 g/mol. The van der Waals surface area contributed by atoms with Gasteiger partial charge in [0.15, 0.2) is 0 Å². The Balaban J connectivity index is 2.71. The molecule has 2 unspecified atom stereocenters. The van der Waals surface area contributed by atoms with Crippen molar-refractivity contribution in [2.45, 2.75) is 77.3 Å². The van der Waals surface area contributed by atoms with E-state index in [2.05, 4.69) is 26.1 Å². The first kappa shape index (κ1) is 14.5. The molecule has 0 aromatic carbocycles. The lowest BCUT2D eigenvalue weighted by atomic mass is 9.83. The number of rotatable bonds is 7. The first-order valence-electron chi connectivity index (χ1n) is 7.11. The average Bonchev–Trinajstić information content (AvgIpc) is 2.80. The summed E-state index contributed by atoms with van der Waals surface area (Å²) in [4.78, 5) is 11.9. The third kappa shape index (κ3) is 3.70. The molecule has 0 saturated heterocycles. The largest absolute Gasteiger partial charge is 0.368 e. The Kier molecular flexibility index (Phi) is 5.44. The van der Waals surface area contributed by atoms with Gasteiger partial charge in [-0.15, -0.1) is 0 Å². The van der Waals surface area contributed by atoms with Crippen LogP contribution in [0.1, 0.15) is 65.7 Å². The lowest BCUT2D eigenvalue weighted by molar-refractivity contribution is -0.125. The summed E-state index contributed by atoms with van der Waals surface area (Å²) in [5.41, 5.74) is 5.18. The van der Waals surface area contributed by atoms with Crippen molar-refractivity contribution in [1.29, 1.82) is 0 Å². The van der Waals surface area contributed by atoms with Crippen LogP contribution in [0.15, 0.2) is 0 Å². The van der Waals surface area contributed by atoms with Gasteiger partial charge in [0.1, 0.15) is 0 Å². The summed E-state index contributed by atoms with van der Waals surface area (Å²) in [6.07, 6.45) is 7.70. The van der Waals surface area contributed by atoms with Gasteiger partial charge in [0.25, 0.3) is 0 Å². The van der Waals surface area contributed by atoms with Crippen molar-refractivity contribution in [1.82, 2.24) is 5.32 Å². The predicted molar refractivity (Wildman–Crippen MR) is 71.7 cm³/mol. The molecule has 2 atom stereocenters. The Hall–Kier alpha value is -0.570. The molecule has 0 aromatic heterocycles. The summed E-state index contributed by atoms with van der Waals surface area (Å²) in [6, 6.07) is 0.492. The Bertz CT molecular complexity index is 249. The number of hydrogen-bond donors (Lipinski definition) is 2. The summed E-state index contributed by atoms with van der Waals surface area (Å²) in [6.45, 7) is 6.43. The number of amides is 1. The van der Waals surface area contributed by atoms with Crippen LogP contribution in [-0.2, 0) is 4.79 Å². The average molecular weight is 240 g/mol. The summed E-state index contributed by atoms with van der Waals surface area (Å²) in [5, 5.41) is 3.57. The fourth-order valence-electron chi connectivity index (χ4n) is 2.85. The van der Waals surface area contributed by atoms with E-state index in [0.717, 1.165) is 19.3 Å². The molecule has 1 rings (SSSR count). The third-order valence-corrected chi connectivity index (χ3v) is 4.30. The molecule has 17 heavy (non-hydrogen) atoms. The van der Waals surface area contributed by atoms with E-state index in [9.17, 15) is 4.79 Å². The van der Waals surface area contributed by atoms with Gasteiger partial charge < -0.3 is 11.1 Å². The van der Waals surface area contributed by atoms with Gasteiger partial charge in [0.05, 0.1) is 5.54 Å². The van der Waals surface area contributed by atoms with E-state index in [1.54, 1.807) is 0 Å². The molecule has 0 aliphatic heterocycles. The highest BCUT2D eigenvalue weighted by molar-refractivity contribution is 5.84. The molecule has 3 heteroatoms. The monoisotopic (exact) mass is 240 g/mol. The number of carbonyl (C=O) groups is 1. The second kappa shape index (κ2) is 6.39. The van der Waals surface area contributed by atoms with Crippen molar-refractivity contribution in [2.24, 2.45) is 11.7 Å². The SMILES string of the molecule is CCC(C)CC(CC)(NC1CCCC1)C(N)=O. The fraction of sp³-hybridized carbons (Fsp3) is 0.929. The highest BCUT2D eigenvalue weighted by Crippen LogP contribution is 2.27. The third-order valence-electron chi connectivity index (χ3n) is 4.30. The van der Waals surface area contributed by atoms with Gasteiger partial charge in [0.2, 0.25) is 5.91 Å². The second-order valence-electron chi connectivity index (χ2n) is 5.64. The van der Waals surface area contributed by atoms with Crippen LogP contribution in [-0.4, -0.2) is 17.5 Å². The number of primary amides is 1. The first-order valence-corrected chi connectivity index (χ1v) is 7.11. The number of hydrogen-bond acceptors (Lipinski definition) is 2. The van der Waals surface area contributed by atoms with Crippen molar-refractivity contribution < 1.29 is 4.79 Å². The molecule has 1 amide bonds. The van der Waals surface area contributed by atoms with Crippen LogP contribution < -0.4 is 11.1 Å². The fourth-order valence-corrected chi connectivity index (χ4v) is 2.85. The molecule has 0 heterocycles. The Morgan fingerprint density at radius 2 is 2.00 bits per heavy atom. The summed E-state index contributed by atoms with van der Waals surface area (Å²) >= 11 is 0. The molecule has 0 aromatic rings. The lowest BCUT2D eigenvalue weighted by Crippen LogP contribution is -2.58. The summed E-state index contributed by atoms with van der Waals surface area (Å²) < 4.78 is 0. The minimum absolute atomic E-state index is 0.174. The number of nitrogens with two attached hydrogens (primary N) is 1. The van der Waals surface area contributed by atoms with E-state index in [1.807, 2.05) is 0 Å². The molecule has 3 N–H and O–H groups in total. The maximum Gasteiger partial charge on any atom is 0.237 e. The molecule has 100 valence electrons. The molecule has 1 fully saturated rings. The van der Waals surface area contributed by atoms with Gasteiger partial charge in [-0.3, -0.25) is 4.79 Å². The predicted octanol–water partition coefficient (Wildman–Crippen LogP) is 2.59. The minimum atomic E-state index is -0.482. The van der Waals surface area contributed by atoms with E-state index in [1.165, 1.54) is 25.7 Å². The molecule has 3 nitrogen and oxygen atoms in total. The highest BCUT2D eigenvalue weighted by atomic mass is 16.1. The van der Waals surface area contributed by atoms with Crippen molar-refractivity contribution >= 4 is 5.91 Å². The Morgan fingerprint density at radius 1 is 1.41 bits per heavy atom. The quantitative estimate of drug-likeness (QED) is 0.718. The van der Waals surface area contributed by atoms with E-state index < -0.39 is 5.54 Å². The minimum Gasteiger partial charge on any atom is -0.368 e. The topological polar surface area (TPSA) is 55.1 Å². The van der Waals surface area contributed by atoms with Crippen molar-refractivity contribution in [3.63, 3.8) is 0 Å². The van der Waals surface area contributed by atoms with Gasteiger partial charge >= 0.3 is 0 Å². The molecular formula is C14H28N2O. The van der Waals surface area contributed by atoms with Gasteiger partial charge in [-0.1, -0.05) is 40.0 Å². The Labute approximate surface area is 106 Å². The lowest BCUT2D eigenvalue weighted by Gasteiger charge is -2.35. The number of nitrogens with one attached hydrogen (secondary N) is 1. The Morgan fingerprint density at radius 3 is 2.41 bits per heavy atom. The highest BCUT2D eigenvalue weighted by Gasteiger charge is 2.38. The number of carbonyl (C=O) groups excluding carboxylic acids is 1. The van der Waals surface area contributed by atoms with E-state index in [0.29, 0.717) is 12.0 Å².